The first-order valence-corrected chi connectivity index (χ1v) is 6.11. The highest BCUT2D eigenvalue weighted by atomic mass is 16.6. The summed E-state index contributed by atoms with van der Waals surface area (Å²) in [5, 5.41) is 5.19. The molecular formula is C13H16N2O5. The molecule has 20 heavy (non-hydrogen) atoms. The molecule has 2 heterocycles. The summed E-state index contributed by atoms with van der Waals surface area (Å²) < 4.78 is 15.2. The summed E-state index contributed by atoms with van der Waals surface area (Å²) in [4.78, 5) is 23.7. The fourth-order valence-electron chi connectivity index (χ4n) is 1.93. The van der Waals surface area contributed by atoms with Gasteiger partial charge in [0.1, 0.15) is 18.4 Å². The highest BCUT2D eigenvalue weighted by molar-refractivity contribution is 5.94. The molecule has 1 atom stereocenters. The van der Waals surface area contributed by atoms with Crippen LogP contribution in [0.4, 0.5) is 4.79 Å². The van der Waals surface area contributed by atoms with Gasteiger partial charge in [-0.05, 0) is 19.1 Å². The number of furan rings is 1. The maximum absolute atomic E-state index is 12.1. The average molecular weight is 280 g/mol. The summed E-state index contributed by atoms with van der Waals surface area (Å²) >= 11 is 0. The number of urea groups is 1. The molecule has 0 aliphatic carbocycles. The van der Waals surface area contributed by atoms with Crippen molar-refractivity contribution in [3.63, 3.8) is 0 Å². The smallest absolute Gasteiger partial charge is 0.338 e. The van der Waals surface area contributed by atoms with Crippen LogP contribution in [0.5, 0.6) is 0 Å². The van der Waals surface area contributed by atoms with Crippen molar-refractivity contribution < 1.29 is 23.5 Å². The SMILES string of the molecule is COCCOC(=O)C1=C(C)NC(=O)N[C@@H]1c1ccco1. The van der Waals surface area contributed by atoms with E-state index in [2.05, 4.69) is 10.6 Å². The lowest BCUT2D eigenvalue weighted by Crippen LogP contribution is -2.45. The van der Waals surface area contributed by atoms with Crippen LogP contribution in [0, 0.1) is 0 Å². The van der Waals surface area contributed by atoms with Crippen molar-refractivity contribution in [2.24, 2.45) is 0 Å². The number of nitrogens with one attached hydrogen (secondary N) is 2. The maximum atomic E-state index is 12.1. The number of hydrogen-bond acceptors (Lipinski definition) is 5. The van der Waals surface area contributed by atoms with Crippen molar-refractivity contribution in [2.75, 3.05) is 20.3 Å². The summed E-state index contributed by atoms with van der Waals surface area (Å²) in [6.07, 6.45) is 1.48. The third-order valence-corrected chi connectivity index (χ3v) is 2.84. The van der Waals surface area contributed by atoms with E-state index in [0.29, 0.717) is 23.6 Å². The van der Waals surface area contributed by atoms with E-state index in [4.69, 9.17) is 13.9 Å². The number of ether oxygens (including phenoxy) is 2. The molecule has 7 heteroatoms. The van der Waals surface area contributed by atoms with Gasteiger partial charge in [-0.3, -0.25) is 0 Å². The fraction of sp³-hybridized carbons (Fsp3) is 0.385. The lowest BCUT2D eigenvalue weighted by Gasteiger charge is -2.26. The molecule has 0 fully saturated rings. The van der Waals surface area contributed by atoms with E-state index in [1.165, 1.54) is 13.4 Å². The van der Waals surface area contributed by atoms with Crippen LogP contribution in [-0.4, -0.2) is 32.3 Å². The van der Waals surface area contributed by atoms with Gasteiger partial charge in [0.2, 0.25) is 0 Å². The Kier molecular flexibility index (Phi) is 4.41. The van der Waals surface area contributed by atoms with Gasteiger partial charge in [0.25, 0.3) is 0 Å². The second-order valence-electron chi connectivity index (χ2n) is 4.21. The summed E-state index contributed by atoms with van der Waals surface area (Å²) in [7, 11) is 1.52. The molecule has 0 unspecified atom stereocenters. The van der Waals surface area contributed by atoms with Gasteiger partial charge in [0, 0.05) is 12.8 Å². The van der Waals surface area contributed by atoms with E-state index in [-0.39, 0.29) is 6.61 Å². The minimum atomic E-state index is -0.659. The third-order valence-electron chi connectivity index (χ3n) is 2.84. The molecule has 0 saturated heterocycles. The maximum Gasteiger partial charge on any atom is 0.338 e. The van der Waals surface area contributed by atoms with Crippen molar-refractivity contribution in [1.29, 1.82) is 0 Å². The van der Waals surface area contributed by atoms with E-state index in [0.717, 1.165) is 0 Å². The number of amides is 2. The molecule has 0 spiro atoms. The number of esters is 1. The van der Waals surface area contributed by atoms with Gasteiger partial charge in [0.05, 0.1) is 18.4 Å². The van der Waals surface area contributed by atoms with Gasteiger partial charge in [-0.2, -0.15) is 0 Å². The third kappa shape index (κ3) is 3.00. The second kappa shape index (κ2) is 6.25. The Bertz CT molecular complexity index is 521. The number of carbonyl (C=O) groups excluding carboxylic acids is 2. The lowest BCUT2D eigenvalue weighted by molar-refractivity contribution is -0.140. The monoisotopic (exact) mass is 280 g/mol. The summed E-state index contributed by atoms with van der Waals surface area (Å²) in [6, 6.07) is 2.32. The highest BCUT2D eigenvalue weighted by Gasteiger charge is 2.33. The van der Waals surface area contributed by atoms with Crippen LogP contribution in [0.2, 0.25) is 0 Å². The van der Waals surface area contributed by atoms with E-state index >= 15 is 0 Å². The van der Waals surface area contributed by atoms with Gasteiger partial charge in [-0.15, -0.1) is 0 Å². The zero-order valence-electron chi connectivity index (χ0n) is 11.3. The van der Waals surface area contributed by atoms with Gasteiger partial charge in [-0.1, -0.05) is 0 Å². The molecule has 2 N–H and O–H groups in total. The Balaban J connectivity index is 2.22. The van der Waals surface area contributed by atoms with Crippen LogP contribution in [0.15, 0.2) is 34.1 Å². The van der Waals surface area contributed by atoms with Gasteiger partial charge in [-0.25, -0.2) is 9.59 Å². The van der Waals surface area contributed by atoms with Crippen molar-refractivity contribution in [1.82, 2.24) is 10.6 Å². The molecule has 0 aromatic carbocycles. The zero-order chi connectivity index (χ0) is 14.5. The van der Waals surface area contributed by atoms with Crippen molar-refractivity contribution >= 4 is 12.0 Å². The first-order valence-electron chi connectivity index (χ1n) is 6.11. The molecule has 7 nitrogen and oxygen atoms in total. The standard InChI is InChI=1S/C13H16N2O5/c1-8-10(12(16)20-7-6-18-2)11(15-13(17)14-8)9-4-3-5-19-9/h3-5,11H,6-7H2,1-2H3,(H2,14,15,17)/t11-/m1/s1. The number of rotatable bonds is 5. The first kappa shape index (κ1) is 14.1. The topological polar surface area (TPSA) is 89.8 Å². The Hall–Kier alpha value is -2.28. The van der Waals surface area contributed by atoms with Crippen LogP contribution in [-0.2, 0) is 14.3 Å². The van der Waals surface area contributed by atoms with E-state index in [1.807, 2.05) is 0 Å². The summed E-state index contributed by atoms with van der Waals surface area (Å²) in [6.45, 7) is 2.09. The predicted octanol–water partition coefficient (Wildman–Crippen LogP) is 1.10. The average Bonchev–Trinajstić information content (AvgIpc) is 2.91. The molecule has 1 aromatic rings. The Morgan fingerprint density at radius 2 is 2.25 bits per heavy atom. The molecule has 0 bridgehead atoms. The zero-order valence-corrected chi connectivity index (χ0v) is 11.3. The minimum Gasteiger partial charge on any atom is -0.467 e. The van der Waals surface area contributed by atoms with E-state index in [9.17, 15) is 9.59 Å². The van der Waals surface area contributed by atoms with Crippen LogP contribution in [0.1, 0.15) is 18.7 Å². The molecule has 1 aromatic heterocycles. The van der Waals surface area contributed by atoms with Gasteiger partial charge < -0.3 is 24.5 Å². The van der Waals surface area contributed by atoms with Crippen LogP contribution in [0.25, 0.3) is 0 Å². The summed E-state index contributed by atoms with van der Waals surface area (Å²) in [5.74, 6) is -0.0497. The minimum absolute atomic E-state index is 0.144. The van der Waals surface area contributed by atoms with Crippen molar-refractivity contribution in [3.8, 4) is 0 Å². The van der Waals surface area contributed by atoms with Crippen LogP contribution >= 0.6 is 0 Å². The molecule has 2 amide bonds. The molecule has 1 aliphatic heterocycles. The normalized spacial score (nSPS) is 18.5. The number of carbonyl (C=O) groups is 2. The van der Waals surface area contributed by atoms with Crippen molar-refractivity contribution in [3.05, 3.63) is 35.4 Å². The largest absolute Gasteiger partial charge is 0.467 e. The summed E-state index contributed by atoms with van der Waals surface area (Å²) in [5.41, 5.74) is 0.758. The molecular weight excluding hydrogens is 264 g/mol. The molecule has 2 rings (SSSR count). The van der Waals surface area contributed by atoms with Crippen LogP contribution in [0.3, 0.4) is 0 Å². The van der Waals surface area contributed by atoms with Crippen molar-refractivity contribution in [2.45, 2.75) is 13.0 Å². The van der Waals surface area contributed by atoms with Crippen LogP contribution < -0.4 is 10.6 Å². The molecule has 0 saturated carbocycles. The lowest BCUT2D eigenvalue weighted by atomic mass is 10.0. The first-order chi connectivity index (χ1) is 9.63. The molecule has 1 aliphatic rings. The second-order valence-corrected chi connectivity index (χ2v) is 4.21. The van der Waals surface area contributed by atoms with Gasteiger partial charge >= 0.3 is 12.0 Å². The molecule has 108 valence electrons. The Morgan fingerprint density at radius 1 is 1.45 bits per heavy atom. The Morgan fingerprint density at radius 3 is 2.90 bits per heavy atom. The number of allylic oxidation sites excluding steroid dienone is 1. The van der Waals surface area contributed by atoms with E-state index in [1.54, 1.807) is 19.1 Å². The molecule has 0 radical (unpaired) electrons. The van der Waals surface area contributed by atoms with E-state index < -0.39 is 18.0 Å². The number of hydrogen-bond donors (Lipinski definition) is 2. The number of methoxy groups -OCH3 is 1. The van der Waals surface area contributed by atoms with Gasteiger partial charge in [0.15, 0.2) is 0 Å². The highest BCUT2D eigenvalue weighted by Crippen LogP contribution is 2.27. The quantitative estimate of drug-likeness (QED) is 0.622. The predicted molar refractivity (Wildman–Crippen MR) is 68.7 cm³/mol. The Labute approximate surface area is 115 Å². The fourth-order valence-corrected chi connectivity index (χ4v) is 1.93.